The molecular weight excluding hydrogens is 1620 g/mol. The van der Waals surface area contributed by atoms with Gasteiger partial charge in [0.15, 0.2) is 0 Å². The average molecular weight is 1700 g/mol. The number of benzene rings is 17. The van der Waals surface area contributed by atoms with Crippen LogP contribution in [0.2, 0.25) is 0 Å². The Labute approximate surface area is 763 Å². The molecule has 0 spiro atoms. The molecule has 0 aliphatic heterocycles. The third kappa shape index (κ3) is 12.4. The minimum Gasteiger partial charge on any atom is -0.315 e. The molecule has 13 heteroatoms. The summed E-state index contributed by atoms with van der Waals surface area (Å²) in [4.78, 5) is 36.4. The highest BCUT2D eigenvalue weighted by molar-refractivity contribution is 6.21. The number of hydrogen-bond donors (Lipinski definition) is 0. The van der Waals surface area contributed by atoms with Crippen molar-refractivity contribution in [3.8, 4) is 91.1 Å². The summed E-state index contributed by atoms with van der Waals surface area (Å²) in [5, 5.41) is 16.1. The molecule has 0 saturated heterocycles. The van der Waals surface area contributed by atoms with Crippen molar-refractivity contribution in [3.63, 3.8) is 0 Å². The second kappa shape index (κ2) is 30.7. The summed E-state index contributed by atoms with van der Waals surface area (Å²) in [6.45, 7) is 4.66. The van der Waals surface area contributed by atoms with Crippen LogP contribution < -0.4 is 0 Å². The highest BCUT2D eigenvalue weighted by Gasteiger charge is 2.36. The van der Waals surface area contributed by atoms with Crippen LogP contribution in [0.1, 0.15) is 25.0 Å². The van der Waals surface area contributed by atoms with E-state index in [0.29, 0.717) is 17.8 Å². The van der Waals surface area contributed by atoms with Crippen molar-refractivity contribution in [1.82, 2.24) is 62.3 Å². The first-order valence-corrected chi connectivity index (χ1v) is 45.1. The molecular formula is C120H79N13. The van der Waals surface area contributed by atoms with Crippen LogP contribution in [0.15, 0.2) is 443 Å². The van der Waals surface area contributed by atoms with E-state index in [1.54, 1.807) is 0 Å². The van der Waals surface area contributed by atoms with Crippen molar-refractivity contribution < 1.29 is 0 Å². The number of pyridine rings is 1. The van der Waals surface area contributed by atoms with Crippen LogP contribution in [0.3, 0.4) is 0 Å². The van der Waals surface area contributed by atoms with Crippen LogP contribution in [0.4, 0.5) is 0 Å². The van der Waals surface area contributed by atoms with E-state index in [2.05, 4.69) is 447 Å². The van der Waals surface area contributed by atoms with Crippen molar-refractivity contribution in [2.75, 3.05) is 0 Å². The summed E-state index contributed by atoms with van der Waals surface area (Å²) in [5.41, 5.74) is 29.2. The highest BCUT2D eigenvalue weighted by Crippen LogP contribution is 2.51. The van der Waals surface area contributed by atoms with Crippen LogP contribution in [0, 0.1) is 0 Å². The Morgan fingerprint density at radius 3 is 1.02 bits per heavy atom. The van der Waals surface area contributed by atoms with Gasteiger partial charge in [-0.1, -0.05) is 317 Å². The fraction of sp³-hybridized carbons (Fsp3) is 0.0250. The number of rotatable bonds is 10. The molecule has 10 aromatic heterocycles. The van der Waals surface area contributed by atoms with E-state index in [0.717, 1.165) is 150 Å². The zero-order valence-electron chi connectivity index (χ0n) is 72.5. The summed E-state index contributed by atoms with van der Waals surface area (Å²) >= 11 is 0. The van der Waals surface area contributed by atoms with Crippen molar-refractivity contribution in [3.05, 3.63) is 454 Å². The van der Waals surface area contributed by atoms with E-state index in [9.17, 15) is 0 Å². The Balaban J connectivity index is 0.000000104. The normalized spacial score (nSPS) is 12.3. The maximum Gasteiger partial charge on any atom is 0.235 e. The Kier molecular flexibility index (Phi) is 17.7. The largest absolute Gasteiger partial charge is 0.315 e. The van der Waals surface area contributed by atoms with Crippen LogP contribution in [0.5, 0.6) is 0 Å². The lowest BCUT2D eigenvalue weighted by Crippen LogP contribution is -2.15. The Bertz CT molecular complexity index is 9360. The van der Waals surface area contributed by atoms with Gasteiger partial charge in [-0.05, 0) is 148 Å². The first kappa shape index (κ1) is 76.4. The van der Waals surface area contributed by atoms with Crippen LogP contribution in [-0.2, 0) is 5.41 Å². The van der Waals surface area contributed by atoms with Gasteiger partial charge < -0.3 is 13.7 Å². The topological polar surface area (TPSA) is 120 Å². The smallest absolute Gasteiger partial charge is 0.235 e. The Morgan fingerprint density at radius 1 is 0.218 bits per heavy atom. The van der Waals surface area contributed by atoms with Gasteiger partial charge in [-0.15, -0.1) is 0 Å². The first-order valence-electron chi connectivity index (χ1n) is 45.1. The third-order valence-electron chi connectivity index (χ3n) is 26.9. The van der Waals surface area contributed by atoms with E-state index in [1.165, 1.54) is 76.1 Å². The molecule has 10 heterocycles. The number of hydrogen-bond acceptors (Lipinski definition) is 7. The zero-order chi connectivity index (χ0) is 87.9. The molecule has 27 aromatic rings. The number of aromatic nitrogens is 13. The molecule has 133 heavy (non-hydrogen) atoms. The molecule has 0 radical (unpaired) electrons. The molecule has 0 bridgehead atoms. The zero-order valence-corrected chi connectivity index (χ0v) is 72.5. The summed E-state index contributed by atoms with van der Waals surface area (Å²) in [6.07, 6.45) is 8.29. The molecule has 0 atom stereocenters. The molecule has 0 saturated carbocycles. The Morgan fingerprint density at radius 2 is 0.564 bits per heavy atom. The predicted octanol–water partition coefficient (Wildman–Crippen LogP) is 29.5. The highest BCUT2D eigenvalue weighted by atomic mass is 15.2. The second-order valence-electron chi connectivity index (χ2n) is 34.8. The summed E-state index contributed by atoms with van der Waals surface area (Å²) in [5.74, 6) is 1.98. The average Bonchev–Trinajstić information content (AvgIpc) is 1.57. The summed E-state index contributed by atoms with van der Waals surface area (Å²) in [6, 6.07) is 147. The van der Waals surface area contributed by atoms with Gasteiger partial charge in [0.25, 0.3) is 0 Å². The van der Waals surface area contributed by atoms with Gasteiger partial charge in [-0.2, -0.15) is 0 Å². The fourth-order valence-corrected chi connectivity index (χ4v) is 20.7. The van der Waals surface area contributed by atoms with Crippen molar-refractivity contribution >= 4 is 142 Å². The van der Waals surface area contributed by atoms with Gasteiger partial charge in [-0.25, -0.2) is 29.9 Å². The van der Waals surface area contributed by atoms with Crippen molar-refractivity contribution in [2.45, 2.75) is 19.3 Å². The van der Waals surface area contributed by atoms with Gasteiger partial charge in [0.05, 0.1) is 89.0 Å². The molecule has 28 rings (SSSR count). The van der Waals surface area contributed by atoms with Gasteiger partial charge in [-0.3, -0.25) is 18.7 Å². The second-order valence-corrected chi connectivity index (χ2v) is 34.8. The molecule has 17 aromatic carbocycles. The van der Waals surface area contributed by atoms with Gasteiger partial charge >= 0.3 is 0 Å². The van der Waals surface area contributed by atoms with E-state index in [-0.39, 0.29) is 5.41 Å². The molecule has 0 amide bonds. The van der Waals surface area contributed by atoms with Crippen molar-refractivity contribution in [1.29, 1.82) is 0 Å². The SMILES string of the molecule is CC1(C)c2ccccc2-c2ccc(-c3nc(-n4c5ccccc5c5ccc6ccn(-c7ccccc7)c6c54)nc4ccccc34)cc21.c1ccc(-n2ccc3ccc4c5ccccc5n(-c5nc(-c6ccc(-c7ccccn7)cc6)c6ccccc6n5)c4c32)cc1.c1ccc(-n2ccc3ccc4c5ccccc5n(-c5nc(-c6ccc7ccccc7c6)c6ccccc6n5)c4c32)cc1. The predicted molar refractivity (Wildman–Crippen MR) is 547 cm³/mol. The molecule has 0 fully saturated rings. The maximum atomic E-state index is 5.47. The maximum absolute atomic E-state index is 5.47. The van der Waals surface area contributed by atoms with E-state index in [4.69, 9.17) is 29.9 Å². The van der Waals surface area contributed by atoms with Gasteiger partial charge in [0.2, 0.25) is 17.8 Å². The minimum absolute atomic E-state index is 0.102. The lowest BCUT2D eigenvalue weighted by molar-refractivity contribution is 0.660. The molecule has 1 aliphatic carbocycles. The standard InChI is InChI=1S/C43H30N4.C39H25N5.C38H24N4/c1-43(2)35-17-9-6-14-30(35)31-22-21-28(26-36(31)43)39-34-16-7-10-18-37(34)44-42(45-39)47-38-19-11-8-15-32(38)33-23-20-27-24-25-46(40(27)41(33)47)29-12-4-3-5-13-29;1-2-10-29(11-3-1)43-25-23-28-21-22-31-30-12-5-7-16-35(30)44(38(31)37(28)43)39-41-34-15-6-4-13-32(34)36(42-39)27-19-17-26(18-20-27)33-14-8-9-24-40-33;1-2-12-29(13-3-1)41-23-22-26-20-21-31-30-14-7-9-17-34(30)42(37(31)36(26)41)38-39-33-16-8-6-15-32(33)35(40-38)28-19-18-25-10-4-5-11-27(25)24-28/h3-26H,1-2H3;1-25H;1-24H. The number of fused-ring (bicyclic) bond motifs is 22. The Hall–Kier alpha value is -17.8. The quantitative estimate of drug-likeness (QED) is 0.134. The van der Waals surface area contributed by atoms with Gasteiger partial charge in [0, 0.05) is 134 Å². The van der Waals surface area contributed by atoms with Crippen molar-refractivity contribution in [2.24, 2.45) is 0 Å². The molecule has 0 N–H and O–H groups in total. The first-order chi connectivity index (χ1) is 65.7. The van der Waals surface area contributed by atoms with E-state index in [1.807, 2.05) is 42.6 Å². The fourth-order valence-electron chi connectivity index (χ4n) is 20.7. The van der Waals surface area contributed by atoms with Gasteiger partial charge in [0.1, 0.15) is 0 Å². The number of para-hydroxylation sites is 9. The third-order valence-corrected chi connectivity index (χ3v) is 26.9. The molecule has 0 unspecified atom stereocenters. The van der Waals surface area contributed by atoms with E-state index >= 15 is 0 Å². The van der Waals surface area contributed by atoms with Crippen LogP contribution in [-0.4, -0.2) is 62.3 Å². The van der Waals surface area contributed by atoms with Crippen LogP contribution in [0.25, 0.3) is 233 Å². The van der Waals surface area contributed by atoms with Crippen LogP contribution >= 0.6 is 0 Å². The summed E-state index contributed by atoms with van der Waals surface area (Å²) in [7, 11) is 0. The molecule has 624 valence electrons. The molecule has 1 aliphatic rings. The lowest BCUT2D eigenvalue weighted by Gasteiger charge is -2.22. The summed E-state index contributed by atoms with van der Waals surface area (Å²) < 4.78 is 13.6. The molecule has 13 nitrogen and oxygen atoms in total. The van der Waals surface area contributed by atoms with E-state index < -0.39 is 0 Å². The minimum atomic E-state index is -0.102. The lowest BCUT2D eigenvalue weighted by atomic mass is 9.82. The monoisotopic (exact) mass is 1700 g/mol. The number of nitrogens with zero attached hydrogens (tertiary/aromatic N) is 13.